The average molecular weight is 419 g/mol. The smallest absolute Gasteiger partial charge is 0.246 e. The summed E-state index contributed by atoms with van der Waals surface area (Å²) in [5, 5.41) is 6.84. The van der Waals surface area contributed by atoms with Gasteiger partial charge in [0.15, 0.2) is 9.84 Å². The number of hydrogen-bond donors (Lipinski definition) is 1. The zero-order valence-corrected chi connectivity index (χ0v) is 16.8. The first kappa shape index (κ1) is 20.7. The van der Waals surface area contributed by atoms with E-state index in [9.17, 15) is 22.0 Å². The second-order valence-electron chi connectivity index (χ2n) is 6.95. The van der Waals surface area contributed by atoms with Crippen molar-refractivity contribution in [2.24, 2.45) is 7.05 Å². The van der Waals surface area contributed by atoms with E-state index in [1.54, 1.807) is 13.1 Å². The number of anilines is 1. The summed E-state index contributed by atoms with van der Waals surface area (Å²) in [6.45, 7) is 2.32. The number of carbonyl (C=O) groups is 1. The van der Waals surface area contributed by atoms with Crippen molar-refractivity contribution in [1.29, 1.82) is 0 Å². The first-order chi connectivity index (χ1) is 13.5. The number of aryl methyl sites for hydroxylation is 1. The lowest BCUT2D eigenvalue weighted by molar-refractivity contribution is -0.117. The Morgan fingerprint density at radius 2 is 1.72 bits per heavy atom. The molecule has 6 nitrogen and oxygen atoms in total. The predicted octanol–water partition coefficient (Wildman–Crippen LogP) is 3.56. The molecular weight excluding hydrogens is 400 g/mol. The Bertz CT molecular complexity index is 1170. The lowest BCUT2D eigenvalue weighted by atomic mass is 10.1. The number of rotatable bonds is 5. The number of carbonyl (C=O) groups excluding carboxylic acids is 1. The van der Waals surface area contributed by atoms with Crippen LogP contribution in [-0.4, -0.2) is 28.9 Å². The Morgan fingerprint density at radius 3 is 2.34 bits per heavy atom. The highest BCUT2D eigenvalue weighted by Crippen LogP contribution is 2.30. The van der Waals surface area contributed by atoms with Crippen LogP contribution in [0.2, 0.25) is 0 Å². The predicted molar refractivity (Wildman–Crippen MR) is 105 cm³/mol. The minimum Gasteiger partial charge on any atom is -0.310 e. The minimum atomic E-state index is -4.45. The Balaban J connectivity index is 1.91. The van der Waals surface area contributed by atoms with E-state index >= 15 is 0 Å². The molecule has 1 heterocycles. The van der Waals surface area contributed by atoms with Crippen molar-refractivity contribution in [2.75, 3.05) is 5.32 Å². The van der Waals surface area contributed by atoms with Crippen LogP contribution in [0.3, 0.4) is 0 Å². The Hall–Kier alpha value is -3.07. The summed E-state index contributed by atoms with van der Waals surface area (Å²) in [7, 11) is -2.85. The number of sulfone groups is 1. The molecule has 0 unspecified atom stereocenters. The van der Waals surface area contributed by atoms with Gasteiger partial charge in [-0.2, -0.15) is 5.10 Å². The van der Waals surface area contributed by atoms with Crippen LogP contribution >= 0.6 is 0 Å². The van der Waals surface area contributed by atoms with E-state index in [0.29, 0.717) is 11.8 Å². The van der Waals surface area contributed by atoms with Gasteiger partial charge < -0.3 is 5.32 Å². The van der Waals surface area contributed by atoms with Gasteiger partial charge in [-0.25, -0.2) is 17.2 Å². The van der Waals surface area contributed by atoms with Crippen molar-refractivity contribution in [2.45, 2.75) is 23.5 Å². The zero-order valence-electron chi connectivity index (χ0n) is 16.0. The van der Waals surface area contributed by atoms with Crippen LogP contribution in [0, 0.1) is 11.6 Å². The number of benzene rings is 2. The maximum Gasteiger partial charge on any atom is 0.246 e. The zero-order chi connectivity index (χ0) is 21.4. The highest BCUT2D eigenvalue weighted by Gasteiger charge is 2.44. The molecule has 0 saturated carbocycles. The van der Waals surface area contributed by atoms with E-state index in [-0.39, 0.29) is 5.82 Å². The number of aromatic nitrogens is 2. The number of amides is 1. The highest BCUT2D eigenvalue weighted by molar-refractivity contribution is 7.93. The van der Waals surface area contributed by atoms with Crippen molar-refractivity contribution in [1.82, 2.24) is 9.78 Å². The molecule has 1 aromatic heterocycles. The molecule has 0 radical (unpaired) electrons. The first-order valence-electron chi connectivity index (χ1n) is 8.64. The summed E-state index contributed by atoms with van der Waals surface area (Å²) in [5.41, 5.74) is 1.41. The Kier molecular flexibility index (Phi) is 5.27. The third-order valence-electron chi connectivity index (χ3n) is 4.59. The van der Waals surface area contributed by atoms with Gasteiger partial charge in [0.05, 0.1) is 5.69 Å². The fraction of sp³-hybridized carbons (Fsp3) is 0.200. The second kappa shape index (κ2) is 7.40. The largest absolute Gasteiger partial charge is 0.310 e. The summed E-state index contributed by atoms with van der Waals surface area (Å²) in [4.78, 5) is 12.1. The van der Waals surface area contributed by atoms with E-state index in [2.05, 4.69) is 10.4 Å². The fourth-order valence-electron chi connectivity index (χ4n) is 2.69. The molecule has 152 valence electrons. The van der Waals surface area contributed by atoms with Gasteiger partial charge in [0.1, 0.15) is 27.1 Å². The highest BCUT2D eigenvalue weighted by atomic mass is 32.2. The maximum atomic E-state index is 14.1. The molecule has 9 heteroatoms. The SMILES string of the molecule is Cn1nc(-c2ccccc2)cc1NC(=O)C(C)(C)S(=O)(=O)c1ccc(F)cc1F. The molecule has 0 bridgehead atoms. The number of halogens is 2. The molecule has 1 N–H and O–H groups in total. The van der Waals surface area contributed by atoms with Crippen molar-refractivity contribution >= 4 is 21.6 Å². The number of hydrogen-bond acceptors (Lipinski definition) is 4. The summed E-state index contributed by atoms with van der Waals surface area (Å²) in [6, 6.07) is 13.0. The van der Waals surface area contributed by atoms with Crippen LogP contribution in [0.4, 0.5) is 14.6 Å². The molecule has 3 aromatic rings. The standard InChI is InChI=1S/C20H19F2N3O3S/c1-20(2,29(27,28)17-10-9-14(21)11-15(17)22)19(26)23-18-12-16(24-25(18)3)13-7-5-4-6-8-13/h4-12H,1-3H3,(H,23,26). The molecule has 2 aromatic carbocycles. The van der Waals surface area contributed by atoms with Gasteiger partial charge in [0.25, 0.3) is 0 Å². The van der Waals surface area contributed by atoms with Crippen molar-refractivity contribution < 1.29 is 22.0 Å². The molecule has 0 saturated heterocycles. The third kappa shape index (κ3) is 3.77. The number of nitrogens with zero attached hydrogens (tertiary/aromatic N) is 2. The second-order valence-corrected chi connectivity index (χ2v) is 9.41. The van der Waals surface area contributed by atoms with Gasteiger partial charge in [-0.15, -0.1) is 0 Å². The number of nitrogens with one attached hydrogen (secondary N) is 1. The van der Waals surface area contributed by atoms with Crippen LogP contribution in [0.15, 0.2) is 59.5 Å². The molecule has 0 atom stereocenters. The fourth-order valence-corrected chi connectivity index (χ4v) is 4.10. The van der Waals surface area contributed by atoms with E-state index in [0.717, 1.165) is 31.5 Å². The van der Waals surface area contributed by atoms with Gasteiger partial charge in [-0.1, -0.05) is 30.3 Å². The van der Waals surface area contributed by atoms with E-state index in [4.69, 9.17) is 0 Å². The molecule has 0 spiro atoms. The molecule has 1 amide bonds. The summed E-state index contributed by atoms with van der Waals surface area (Å²) in [5.74, 6) is -2.76. The maximum absolute atomic E-state index is 14.1. The molecule has 0 aliphatic rings. The van der Waals surface area contributed by atoms with Gasteiger partial charge in [-0.05, 0) is 26.0 Å². The molecule has 0 aliphatic carbocycles. The summed E-state index contributed by atoms with van der Waals surface area (Å²) < 4.78 is 52.3. The van der Waals surface area contributed by atoms with Gasteiger partial charge >= 0.3 is 0 Å². The normalized spacial score (nSPS) is 12.0. The first-order valence-corrected chi connectivity index (χ1v) is 10.1. The van der Waals surface area contributed by atoms with E-state index in [1.165, 1.54) is 4.68 Å². The minimum absolute atomic E-state index is 0.275. The topological polar surface area (TPSA) is 81.1 Å². The summed E-state index contributed by atoms with van der Waals surface area (Å²) in [6.07, 6.45) is 0. The Morgan fingerprint density at radius 1 is 1.07 bits per heavy atom. The lowest BCUT2D eigenvalue weighted by Gasteiger charge is -2.24. The van der Waals surface area contributed by atoms with Crippen molar-refractivity contribution in [3.05, 3.63) is 66.2 Å². The Labute approximate surface area is 167 Å². The van der Waals surface area contributed by atoms with Crippen LogP contribution in [0.5, 0.6) is 0 Å². The monoisotopic (exact) mass is 419 g/mol. The van der Waals surface area contributed by atoms with E-state index < -0.39 is 37.0 Å². The van der Waals surface area contributed by atoms with Crippen molar-refractivity contribution in [3.63, 3.8) is 0 Å². The molecular formula is C20H19F2N3O3S. The van der Waals surface area contributed by atoms with Gasteiger partial charge in [0, 0.05) is 24.7 Å². The molecule has 0 fully saturated rings. The van der Waals surface area contributed by atoms with Crippen LogP contribution in [0.25, 0.3) is 11.3 Å². The molecule has 29 heavy (non-hydrogen) atoms. The van der Waals surface area contributed by atoms with E-state index in [1.807, 2.05) is 30.3 Å². The summed E-state index contributed by atoms with van der Waals surface area (Å²) >= 11 is 0. The quantitative estimate of drug-likeness (QED) is 0.642. The molecule has 0 aliphatic heterocycles. The average Bonchev–Trinajstić information content (AvgIpc) is 3.02. The van der Waals surface area contributed by atoms with Crippen LogP contribution < -0.4 is 5.32 Å². The van der Waals surface area contributed by atoms with Gasteiger partial charge in [-0.3, -0.25) is 9.48 Å². The third-order valence-corrected chi connectivity index (χ3v) is 7.03. The molecule has 3 rings (SSSR count). The van der Waals surface area contributed by atoms with Crippen molar-refractivity contribution in [3.8, 4) is 11.3 Å². The van der Waals surface area contributed by atoms with Gasteiger partial charge in [0.2, 0.25) is 5.91 Å². The van der Waals surface area contributed by atoms with Crippen LogP contribution in [-0.2, 0) is 21.7 Å². The lowest BCUT2D eigenvalue weighted by Crippen LogP contribution is -2.45. The van der Waals surface area contributed by atoms with Crippen LogP contribution in [0.1, 0.15) is 13.8 Å².